The molecule has 4 atom stereocenters. The molecule has 0 aliphatic heterocycles. The summed E-state index contributed by atoms with van der Waals surface area (Å²) >= 11 is 0. The highest BCUT2D eigenvalue weighted by Gasteiger charge is 2.39. The van der Waals surface area contributed by atoms with Crippen molar-refractivity contribution in [3.05, 3.63) is 10.4 Å². The number of carbonyl (C=O) groups excluding carboxylic acids is 4. The Hall–Kier alpha value is -2.65. The van der Waals surface area contributed by atoms with Gasteiger partial charge in [-0.15, -0.1) is 0 Å². The second-order valence-corrected chi connectivity index (χ2v) is 3.99. The van der Waals surface area contributed by atoms with Crippen LogP contribution < -0.4 is 0 Å². The maximum atomic E-state index is 11.4. The van der Waals surface area contributed by atoms with Crippen LogP contribution in [0, 0.1) is 0 Å². The number of carbonyl (C=O) groups is 4. The molecule has 128 valence electrons. The predicted molar refractivity (Wildman–Crippen MR) is 72.7 cm³/mol. The van der Waals surface area contributed by atoms with E-state index in [0.29, 0.717) is 0 Å². The molecule has 0 aromatic heterocycles. The van der Waals surface area contributed by atoms with E-state index < -0.39 is 69.6 Å². The molecule has 0 aliphatic carbocycles. The minimum Gasteiger partial charge on any atom is -0.463 e. The van der Waals surface area contributed by atoms with E-state index in [2.05, 4.69) is 14.8 Å². The van der Waals surface area contributed by atoms with Crippen LogP contribution in [0.5, 0.6) is 0 Å². The minimum atomic E-state index is -1.85. The molecule has 0 unspecified atom stereocenters. The fourth-order valence-electron chi connectivity index (χ4n) is 1.50. The monoisotopic (exact) mass is 334 g/mol. The first-order chi connectivity index (χ1) is 12.3. The number of rotatable bonds is 9. The van der Waals surface area contributed by atoms with Gasteiger partial charge in [-0.25, -0.2) is 0 Å². The van der Waals surface area contributed by atoms with Crippen LogP contribution in [0.25, 0.3) is 10.4 Å². The predicted octanol–water partition coefficient (Wildman–Crippen LogP) is -0.348. The maximum absolute atomic E-state index is 11.4. The number of aliphatic hydroxyl groups excluding tert-OH is 1. The SMILES string of the molecule is [2H]CC(=O)OC[C@@H](O)[C@H](OC(=O)C[2H])[C@H](OC(=O)C[2H])[C@H](C=O)N=[N+]=[N-]. The van der Waals surface area contributed by atoms with E-state index in [9.17, 15) is 24.3 Å². The molecule has 23 heavy (non-hydrogen) atoms. The lowest BCUT2D eigenvalue weighted by molar-refractivity contribution is -0.181. The van der Waals surface area contributed by atoms with Gasteiger partial charge in [-0.05, 0) is 5.53 Å². The standard InChI is InChI=1S/C12H17N3O8/c1-6(17)21-5-10(20)12(23-8(3)19)11(22-7(2)18)9(4-16)14-15-13/h4,9-12,20H,5H2,1-3H3/t9-,10+,11+,12-/m0/s1/i1D,2D,3D. The highest BCUT2D eigenvalue weighted by molar-refractivity contribution is 5.69. The van der Waals surface area contributed by atoms with Gasteiger partial charge in [0.1, 0.15) is 25.0 Å². The maximum Gasteiger partial charge on any atom is 0.303 e. The first-order valence-corrected chi connectivity index (χ1v) is 5.94. The molecule has 0 aromatic rings. The Morgan fingerprint density at radius 1 is 1.22 bits per heavy atom. The van der Waals surface area contributed by atoms with Crippen LogP contribution in [-0.2, 0) is 33.4 Å². The normalized spacial score (nSPS) is 16.8. The van der Waals surface area contributed by atoms with E-state index in [0.717, 1.165) is 0 Å². The van der Waals surface area contributed by atoms with E-state index >= 15 is 0 Å². The van der Waals surface area contributed by atoms with Crippen molar-refractivity contribution < 1.29 is 42.6 Å². The van der Waals surface area contributed by atoms with Gasteiger partial charge in [-0.2, -0.15) is 0 Å². The highest BCUT2D eigenvalue weighted by Crippen LogP contribution is 2.16. The third-order valence-corrected chi connectivity index (χ3v) is 2.31. The molecule has 0 spiro atoms. The van der Waals surface area contributed by atoms with E-state index in [1.54, 1.807) is 0 Å². The summed E-state index contributed by atoms with van der Waals surface area (Å²) in [6.07, 6.45) is -5.46. The lowest BCUT2D eigenvalue weighted by Gasteiger charge is -2.30. The van der Waals surface area contributed by atoms with Crippen LogP contribution in [-0.4, -0.2) is 60.3 Å². The largest absolute Gasteiger partial charge is 0.463 e. The Morgan fingerprint density at radius 2 is 1.78 bits per heavy atom. The van der Waals surface area contributed by atoms with Crippen molar-refractivity contribution in [1.29, 1.82) is 0 Å². The molecule has 0 fully saturated rings. The number of hydrogen-bond acceptors (Lipinski definition) is 9. The van der Waals surface area contributed by atoms with Crippen molar-refractivity contribution in [2.45, 2.75) is 45.1 Å². The number of aliphatic hydroxyl groups is 1. The molecule has 0 amide bonds. The molecule has 0 aromatic carbocycles. The topological polar surface area (TPSA) is 165 Å². The zero-order valence-electron chi connectivity index (χ0n) is 14.9. The zero-order valence-corrected chi connectivity index (χ0v) is 11.9. The lowest BCUT2D eigenvalue weighted by Crippen LogP contribution is -2.50. The van der Waals surface area contributed by atoms with Gasteiger partial charge in [0.2, 0.25) is 0 Å². The summed E-state index contributed by atoms with van der Waals surface area (Å²) in [5.41, 5.74) is 8.50. The Morgan fingerprint density at radius 3 is 2.26 bits per heavy atom. The number of esters is 3. The first kappa shape index (κ1) is 15.3. The van der Waals surface area contributed by atoms with Gasteiger partial charge in [0.05, 0.1) is 0 Å². The quantitative estimate of drug-likeness (QED) is 0.149. The fraction of sp³-hybridized carbons (Fsp3) is 0.667. The van der Waals surface area contributed by atoms with Crippen molar-refractivity contribution in [2.75, 3.05) is 6.61 Å². The van der Waals surface area contributed by atoms with Crippen molar-refractivity contribution in [3.8, 4) is 0 Å². The summed E-state index contributed by atoms with van der Waals surface area (Å²) in [6, 6.07) is -1.74. The third-order valence-electron chi connectivity index (χ3n) is 2.31. The number of nitrogens with zero attached hydrogens (tertiary/aromatic N) is 3. The first-order valence-electron chi connectivity index (χ1n) is 8.06. The van der Waals surface area contributed by atoms with Gasteiger partial charge >= 0.3 is 17.9 Å². The second kappa shape index (κ2) is 10.1. The third kappa shape index (κ3) is 7.79. The molecular weight excluding hydrogens is 314 g/mol. The Labute approximate surface area is 135 Å². The Bertz CT molecular complexity index is 558. The second-order valence-electron chi connectivity index (χ2n) is 3.99. The van der Waals surface area contributed by atoms with Gasteiger partial charge in [0.15, 0.2) is 12.2 Å². The molecule has 0 bridgehead atoms. The van der Waals surface area contributed by atoms with Crippen molar-refractivity contribution >= 4 is 24.2 Å². The van der Waals surface area contributed by atoms with Crippen molar-refractivity contribution in [1.82, 2.24) is 0 Å². The number of hydrogen-bond donors (Lipinski definition) is 1. The average molecular weight is 334 g/mol. The van der Waals surface area contributed by atoms with Crippen molar-refractivity contribution in [2.24, 2.45) is 5.11 Å². The molecule has 11 heteroatoms. The summed E-state index contributed by atoms with van der Waals surface area (Å²) in [4.78, 5) is 47.4. The zero-order chi connectivity index (χ0) is 20.1. The van der Waals surface area contributed by atoms with Gasteiger partial charge in [0.25, 0.3) is 0 Å². The van der Waals surface area contributed by atoms with E-state index in [-0.39, 0.29) is 6.29 Å². The Kier molecular flexibility index (Phi) is 6.72. The van der Waals surface area contributed by atoms with Gasteiger partial charge in [-0.1, -0.05) is 5.11 Å². The number of ether oxygens (including phenoxy) is 3. The van der Waals surface area contributed by atoms with Gasteiger partial charge in [0, 0.05) is 29.7 Å². The van der Waals surface area contributed by atoms with Crippen LogP contribution in [0.4, 0.5) is 0 Å². The number of azide groups is 1. The fourth-order valence-corrected chi connectivity index (χ4v) is 1.50. The van der Waals surface area contributed by atoms with E-state index in [1.807, 2.05) is 0 Å². The van der Waals surface area contributed by atoms with Crippen LogP contribution in [0.2, 0.25) is 0 Å². The van der Waals surface area contributed by atoms with Crippen LogP contribution in [0.1, 0.15) is 24.8 Å². The summed E-state index contributed by atoms with van der Waals surface area (Å²) in [5.74, 6) is -3.38. The van der Waals surface area contributed by atoms with Crippen LogP contribution in [0.3, 0.4) is 0 Å². The minimum absolute atomic E-state index is 0.0612. The van der Waals surface area contributed by atoms with Crippen molar-refractivity contribution in [3.63, 3.8) is 0 Å². The smallest absolute Gasteiger partial charge is 0.303 e. The highest BCUT2D eigenvalue weighted by atomic mass is 16.6. The van der Waals surface area contributed by atoms with E-state index in [4.69, 9.17) is 19.1 Å². The van der Waals surface area contributed by atoms with Crippen LogP contribution in [0.15, 0.2) is 5.11 Å². The molecule has 11 nitrogen and oxygen atoms in total. The van der Waals surface area contributed by atoms with Gasteiger partial charge < -0.3 is 24.1 Å². The molecule has 1 N–H and O–H groups in total. The molecule has 0 rings (SSSR count). The summed E-state index contributed by atoms with van der Waals surface area (Å²) in [6.45, 7) is -3.33. The molecule has 0 saturated heterocycles. The molecule has 0 heterocycles. The van der Waals surface area contributed by atoms with Gasteiger partial charge in [-0.3, -0.25) is 14.4 Å². The van der Waals surface area contributed by atoms with Crippen LogP contribution >= 0.6 is 0 Å². The molecule has 0 aliphatic rings. The Balaban J connectivity index is 5.68. The lowest BCUT2D eigenvalue weighted by atomic mass is 10.0. The summed E-state index contributed by atoms with van der Waals surface area (Å²) in [7, 11) is 0. The average Bonchev–Trinajstić information content (AvgIpc) is 2.65. The van der Waals surface area contributed by atoms with E-state index in [1.165, 1.54) is 0 Å². The number of aldehydes is 1. The molecule has 0 saturated carbocycles. The summed E-state index contributed by atoms with van der Waals surface area (Å²) in [5, 5.41) is 13.2. The summed E-state index contributed by atoms with van der Waals surface area (Å²) < 4.78 is 34.7. The molecular formula is C12H17N3O8. The molecule has 0 radical (unpaired) electrons.